The molecule has 11 heteroatoms. The van der Waals surface area contributed by atoms with E-state index in [0.717, 1.165) is 31.9 Å². The van der Waals surface area contributed by atoms with E-state index in [0.29, 0.717) is 22.1 Å². The number of nitro benzene ring substituents is 1. The van der Waals surface area contributed by atoms with Crippen molar-refractivity contribution in [1.29, 1.82) is 0 Å². The molecule has 4 aromatic rings. The standard InChI is InChI=1S/C24H21FN6O4/c25-13-8-14-15(10-27-21(14)26-9-13)22-28-16-2-1-3-17(31(34)35)19(16)23(30-22)29-20-12-6-4-11(5-7-12)18(20)24(32)33/h1-3,8-12,18,20H,4-7H2,(H,26,27)(H,32,33)(H,28,29,30). The van der Waals surface area contributed by atoms with Gasteiger partial charge in [-0.05, 0) is 49.7 Å². The number of aromatic amines is 1. The van der Waals surface area contributed by atoms with Gasteiger partial charge in [0.2, 0.25) is 0 Å². The Balaban J connectivity index is 1.55. The predicted octanol–water partition coefficient (Wildman–Crippen LogP) is 4.52. The van der Waals surface area contributed by atoms with Crippen molar-refractivity contribution in [2.45, 2.75) is 31.7 Å². The summed E-state index contributed by atoms with van der Waals surface area (Å²) in [7, 11) is 0. The zero-order chi connectivity index (χ0) is 24.3. The molecule has 0 saturated heterocycles. The quantitative estimate of drug-likeness (QED) is 0.281. The third kappa shape index (κ3) is 3.46. The molecule has 178 valence electrons. The molecule has 0 radical (unpaired) electrons. The van der Waals surface area contributed by atoms with E-state index in [9.17, 15) is 24.4 Å². The number of nitrogens with one attached hydrogen (secondary N) is 2. The molecule has 3 N–H and O–H groups in total. The lowest BCUT2D eigenvalue weighted by molar-refractivity contribution is -0.383. The van der Waals surface area contributed by atoms with Gasteiger partial charge < -0.3 is 15.4 Å². The molecule has 3 aromatic heterocycles. The number of H-pyrrole nitrogens is 1. The highest BCUT2D eigenvalue weighted by atomic mass is 19.1. The second-order valence-electron chi connectivity index (χ2n) is 9.29. The Morgan fingerprint density at radius 1 is 1.20 bits per heavy atom. The minimum absolute atomic E-state index is 0.0558. The smallest absolute Gasteiger partial charge is 0.308 e. The Morgan fingerprint density at radius 3 is 2.71 bits per heavy atom. The van der Waals surface area contributed by atoms with Crippen molar-refractivity contribution < 1.29 is 19.2 Å². The normalized spacial score (nSPS) is 23.6. The molecule has 3 saturated carbocycles. The summed E-state index contributed by atoms with van der Waals surface area (Å²) in [4.78, 5) is 39.8. The zero-order valence-electron chi connectivity index (χ0n) is 18.4. The lowest BCUT2D eigenvalue weighted by Gasteiger charge is -2.47. The van der Waals surface area contributed by atoms with E-state index in [-0.39, 0.29) is 34.6 Å². The fraction of sp³-hybridized carbons (Fsp3) is 0.333. The zero-order valence-corrected chi connectivity index (χ0v) is 18.4. The van der Waals surface area contributed by atoms with Crippen molar-refractivity contribution in [2.24, 2.45) is 17.8 Å². The summed E-state index contributed by atoms with van der Waals surface area (Å²) < 4.78 is 13.9. The van der Waals surface area contributed by atoms with Gasteiger partial charge in [0.1, 0.15) is 22.7 Å². The van der Waals surface area contributed by atoms with Gasteiger partial charge in [0.25, 0.3) is 5.69 Å². The number of nitrogens with zero attached hydrogens (tertiary/aromatic N) is 4. The van der Waals surface area contributed by atoms with Crippen LogP contribution in [0.2, 0.25) is 0 Å². The maximum absolute atomic E-state index is 13.9. The lowest BCUT2D eigenvalue weighted by Crippen LogP contribution is -2.51. The van der Waals surface area contributed by atoms with Crippen molar-refractivity contribution in [3.63, 3.8) is 0 Å². The molecule has 7 rings (SSSR count). The molecular weight excluding hydrogens is 455 g/mol. The molecule has 2 bridgehead atoms. The summed E-state index contributed by atoms with van der Waals surface area (Å²) in [5.41, 5.74) is 1.10. The van der Waals surface area contributed by atoms with Gasteiger partial charge in [0.15, 0.2) is 5.82 Å². The molecule has 3 aliphatic carbocycles. The van der Waals surface area contributed by atoms with Gasteiger partial charge in [-0.15, -0.1) is 0 Å². The number of hydrogen-bond donors (Lipinski definition) is 3. The molecule has 0 amide bonds. The molecule has 35 heavy (non-hydrogen) atoms. The number of carboxylic acids is 1. The van der Waals surface area contributed by atoms with Gasteiger partial charge in [-0.3, -0.25) is 14.9 Å². The van der Waals surface area contributed by atoms with E-state index < -0.39 is 28.7 Å². The molecule has 2 atom stereocenters. The highest BCUT2D eigenvalue weighted by Gasteiger charge is 2.47. The van der Waals surface area contributed by atoms with Crippen LogP contribution >= 0.6 is 0 Å². The minimum Gasteiger partial charge on any atom is -0.481 e. The van der Waals surface area contributed by atoms with Crippen molar-refractivity contribution >= 4 is 39.4 Å². The van der Waals surface area contributed by atoms with Gasteiger partial charge in [-0.1, -0.05) is 6.07 Å². The fourth-order valence-corrected chi connectivity index (χ4v) is 5.88. The lowest BCUT2D eigenvalue weighted by atomic mass is 9.61. The van der Waals surface area contributed by atoms with E-state index in [1.54, 1.807) is 18.3 Å². The van der Waals surface area contributed by atoms with E-state index in [2.05, 4.69) is 25.3 Å². The van der Waals surface area contributed by atoms with Crippen molar-refractivity contribution in [3.05, 3.63) is 52.6 Å². The van der Waals surface area contributed by atoms with Crippen LogP contribution < -0.4 is 5.32 Å². The third-order valence-corrected chi connectivity index (χ3v) is 7.44. The first-order chi connectivity index (χ1) is 16.9. The predicted molar refractivity (Wildman–Crippen MR) is 125 cm³/mol. The molecule has 1 aromatic carbocycles. The van der Waals surface area contributed by atoms with Crippen molar-refractivity contribution in [3.8, 4) is 11.4 Å². The number of carbonyl (C=O) groups is 1. The molecule has 3 fully saturated rings. The first-order valence-electron chi connectivity index (χ1n) is 11.5. The molecule has 3 aliphatic rings. The number of fused-ring (bicyclic) bond motifs is 5. The summed E-state index contributed by atoms with van der Waals surface area (Å²) in [5, 5.41) is 25.8. The number of benzene rings is 1. The first-order valence-corrected chi connectivity index (χ1v) is 11.5. The van der Waals surface area contributed by atoms with Gasteiger partial charge in [-0.2, -0.15) is 0 Å². The van der Waals surface area contributed by atoms with Gasteiger partial charge in [0.05, 0.1) is 22.6 Å². The molecular formula is C24H21FN6O4. The Labute approximate surface area is 197 Å². The Morgan fingerprint density at radius 2 is 1.97 bits per heavy atom. The number of aromatic nitrogens is 4. The van der Waals surface area contributed by atoms with Crippen LogP contribution in [0.5, 0.6) is 0 Å². The highest BCUT2D eigenvalue weighted by molar-refractivity contribution is 6.00. The number of aliphatic carboxylic acids is 1. The Bertz CT molecular complexity index is 1500. The van der Waals surface area contributed by atoms with Crippen LogP contribution in [0, 0.1) is 33.7 Å². The van der Waals surface area contributed by atoms with Crippen LogP contribution in [-0.4, -0.2) is 42.0 Å². The van der Waals surface area contributed by atoms with E-state index >= 15 is 0 Å². The van der Waals surface area contributed by atoms with Crippen LogP contribution in [0.1, 0.15) is 25.7 Å². The van der Waals surface area contributed by atoms with E-state index in [4.69, 9.17) is 0 Å². The SMILES string of the molecule is O=C(O)C1C2CCC(CC2)C1Nc1nc(-c2c[nH]c3ncc(F)cc23)nc2cccc([N+](=O)[O-])c12. The van der Waals surface area contributed by atoms with Gasteiger partial charge >= 0.3 is 5.97 Å². The average molecular weight is 476 g/mol. The summed E-state index contributed by atoms with van der Waals surface area (Å²) in [5.74, 6) is -1.38. The van der Waals surface area contributed by atoms with Crippen LogP contribution in [-0.2, 0) is 4.79 Å². The number of nitro groups is 1. The van der Waals surface area contributed by atoms with Crippen LogP contribution in [0.15, 0.2) is 36.7 Å². The van der Waals surface area contributed by atoms with Crippen LogP contribution in [0.3, 0.4) is 0 Å². The summed E-state index contributed by atoms with van der Waals surface area (Å²) in [6, 6.07) is 5.48. The van der Waals surface area contributed by atoms with Crippen molar-refractivity contribution in [2.75, 3.05) is 5.32 Å². The number of non-ortho nitro benzene ring substituents is 1. The second-order valence-corrected chi connectivity index (χ2v) is 9.29. The number of carboxylic acid groups (broad SMARTS) is 1. The number of anilines is 1. The molecule has 0 spiro atoms. The third-order valence-electron chi connectivity index (χ3n) is 7.44. The Hall–Kier alpha value is -4.15. The molecule has 0 aliphatic heterocycles. The largest absolute Gasteiger partial charge is 0.481 e. The molecule has 2 unspecified atom stereocenters. The van der Waals surface area contributed by atoms with Crippen LogP contribution in [0.25, 0.3) is 33.3 Å². The number of rotatable bonds is 5. The minimum atomic E-state index is -0.872. The monoisotopic (exact) mass is 476 g/mol. The maximum atomic E-state index is 13.9. The average Bonchev–Trinajstić information content (AvgIpc) is 3.27. The van der Waals surface area contributed by atoms with E-state index in [1.807, 2.05) is 0 Å². The molecule has 10 nitrogen and oxygen atoms in total. The van der Waals surface area contributed by atoms with E-state index in [1.165, 1.54) is 12.1 Å². The van der Waals surface area contributed by atoms with Gasteiger partial charge in [0, 0.05) is 29.3 Å². The summed E-state index contributed by atoms with van der Waals surface area (Å²) >= 11 is 0. The number of pyridine rings is 1. The van der Waals surface area contributed by atoms with Crippen LogP contribution in [0.4, 0.5) is 15.9 Å². The summed E-state index contributed by atoms with van der Waals surface area (Å²) in [6.07, 6.45) is 6.24. The second kappa shape index (κ2) is 7.97. The fourth-order valence-electron chi connectivity index (χ4n) is 5.88. The molecule has 3 heterocycles. The summed E-state index contributed by atoms with van der Waals surface area (Å²) in [6.45, 7) is 0. The highest BCUT2D eigenvalue weighted by Crippen LogP contribution is 2.47. The first kappa shape index (κ1) is 21.4. The number of halogens is 1. The Kier molecular flexibility index (Phi) is 4.87. The topological polar surface area (TPSA) is 147 Å². The van der Waals surface area contributed by atoms with Crippen molar-refractivity contribution in [1.82, 2.24) is 19.9 Å². The maximum Gasteiger partial charge on any atom is 0.308 e. The van der Waals surface area contributed by atoms with Gasteiger partial charge in [-0.25, -0.2) is 19.3 Å². The number of hydrogen-bond acceptors (Lipinski definition) is 7.